The number of amides is 1. The molecule has 20 heavy (non-hydrogen) atoms. The molecule has 2 N–H and O–H groups in total. The Bertz CT molecular complexity index is 497. The molecule has 0 atom stereocenters. The lowest BCUT2D eigenvalue weighted by Gasteiger charge is -2.25. The quantitative estimate of drug-likeness (QED) is 0.843. The predicted molar refractivity (Wildman–Crippen MR) is 74.1 cm³/mol. The van der Waals surface area contributed by atoms with Gasteiger partial charge in [0, 0.05) is 26.1 Å². The van der Waals surface area contributed by atoms with Gasteiger partial charge in [-0.05, 0) is 0 Å². The zero-order valence-corrected chi connectivity index (χ0v) is 12.0. The second-order valence-electron chi connectivity index (χ2n) is 4.39. The van der Waals surface area contributed by atoms with Gasteiger partial charge in [-0.1, -0.05) is 18.3 Å². The summed E-state index contributed by atoms with van der Waals surface area (Å²) in [6.07, 6.45) is 0.334. The van der Waals surface area contributed by atoms with Crippen LogP contribution in [0.1, 0.15) is 28.7 Å². The van der Waals surface area contributed by atoms with Crippen molar-refractivity contribution >= 4 is 28.3 Å². The van der Waals surface area contributed by atoms with Crippen LogP contribution in [0.2, 0.25) is 0 Å². The molecule has 0 spiro atoms. The van der Waals surface area contributed by atoms with Gasteiger partial charge in [0.05, 0.1) is 18.1 Å². The van der Waals surface area contributed by atoms with E-state index in [1.807, 2.05) is 0 Å². The second kappa shape index (κ2) is 6.78. The summed E-state index contributed by atoms with van der Waals surface area (Å²) in [7, 11) is 0. The highest BCUT2D eigenvalue weighted by Crippen LogP contribution is 2.25. The molecule has 1 aromatic heterocycles. The Hall–Kier alpha value is -1.51. The number of aromatic nitrogens is 1. The first-order chi connectivity index (χ1) is 9.60. The Balaban J connectivity index is 2.12. The summed E-state index contributed by atoms with van der Waals surface area (Å²) >= 11 is 1.22. The Morgan fingerprint density at radius 2 is 2.15 bits per heavy atom. The Kier molecular flexibility index (Phi) is 5.05. The van der Waals surface area contributed by atoms with Crippen LogP contribution in [-0.4, -0.2) is 53.2 Å². The maximum absolute atomic E-state index is 11.3. The van der Waals surface area contributed by atoms with E-state index in [1.54, 1.807) is 6.92 Å². The van der Waals surface area contributed by atoms with E-state index >= 15 is 0 Å². The molecule has 2 rings (SSSR count). The normalized spacial score (nSPS) is 16.1. The lowest BCUT2D eigenvalue weighted by molar-refractivity contribution is -0.115. The molecule has 1 aromatic rings. The third-order valence-corrected chi connectivity index (χ3v) is 3.89. The molecule has 7 nitrogen and oxygen atoms in total. The molecule has 1 aliphatic heterocycles. The molecule has 8 heteroatoms. The van der Waals surface area contributed by atoms with E-state index in [0.29, 0.717) is 36.2 Å². The topological polar surface area (TPSA) is 91.8 Å². The summed E-state index contributed by atoms with van der Waals surface area (Å²) < 4.78 is 5.26. The molecular formula is C12H17N3O4S. The van der Waals surface area contributed by atoms with E-state index in [0.717, 1.165) is 13.1 Å². The van der Waals surface area contributed by atoms with Crippen molar-refractivity contribution in [2.75, 3.05) is 31.6 Å². The van der Waals surface area contributed by atoms with Gasteiger partial charge in [-0.3, -0.25) is 9.69 Å². The summed E-state index contributed by atoms with van der Waals surface area (Å²) in [6.45, 7) is 5.10. The van der Waals surface area contributed by atoms with Gasteiger partial charge in [0.15, 0.2) is 10.8 Å². The number of hydrogen-bond donors (Lipinski definition) is 2. The molecule has 0 saturated carbocycles. The number of rotatable bonds is 5. The zero-order valence-electron chi connectivity index (χ0n) is 11.2. The van der Waals surface area contributed by atoms with Crippen molar-refractivity contribution in [1.82, 2.24) is 9.88 Å². The van der Waals surface area contributed by atoms with Crippen molar-refractivity contribution in [3.8, 4) is 0 Å². The Morgan fingerprint density at radius 3 is 2.75 bits per heavy atom. The number of thiazole rings is 1. The minimum atomic E-state index is -1.07. The number of carbonyl (C=O) groups excluding carboxylic acids is 1. The number of carboxylic acid groups (broad SMARTS) is 1. The monoisotopic (exact) mass is 299 g/mol. The van der Waals surface area contributed by atoms with Gasteiger partial charge in [-0.15, -0.1) is 0 Å². The summed E-state index contributed by atoms with van der Waals surface area (Å²) in [5.41, 5.74) is 0.0212. The van der Waals surface area contributed by atoms with Crippen LogP contribution in [0.3, 0.4) is 0 Å². The highest BCUT2D eigenvalue weighted by molar-refractivity contribution is 7.16. The highest BCUT2D eigenvalue weighted by Gasteiger charge is 2.21. The third-order valence-electron chi connectivity index (χ3n) is 2.94. The molecule has 1 fully saturated rings. The molecule has 1 aliphatic rings. The van der Waals surface area contributed by atoms with Gasteiger partial charge in [-0.25, -0.2) is 9.78 Å². The van der Waals surface area contributed by atoms with Crippen LogP contribution in [0, 0.1) is 0 Å². The molecule has 0 radical (unpaired) electrons. The van der Waals surface area contributed by atoms with Crippen LogP contribution in [0.25, 0.3) is 0 Å². The average Bonchev–Trinajstić information content (AvgIpc) is 2.82. The van der Waals surface area contributed by atoms with Crippen molar-refractivity contribution in [2.24, 2.45) is 0 Å². The van der Waals surface area contributed by atoms with E-state index in [4.69, 9.17) is 4.74 Å². The lowest BCUT2D eigenvalue weighted by Crippen LogP contribution is -2.35. The molecule has 1 amide bonds. The van der Waals surface area contributed by atoms with Gasteiger partial charge in [-0.2, -0.15) is 0 Å². The molecule has 2 heterocycles. The fraction of sp³-hybridized carbons (Fsp3) is 0.583. The van der Waals surface area contributed by atoms with Crippen molar-refractivity contribution in [3.63, 3.8) is 0 Å². The van der Waals surface area contributed by atoms with E-state index < -0.39 is 5.97 Å². The molecule has 0 unspecified atom stereocenters. The predicted octanol–water partition coefficient (Wildman–Crippen LogP) is 1.02. The van der Waals surface area contributed by atoms with E-state index in [-0.39, 0.29) is 11.6 Å². The average molecular weight is 299 g/mol. The van der Waals surface area contributed by atoms with Crippen LogP contribution in [0.4, 0.5) is 5.13 Å². The maximum Gasteiger partial charge on any atom is 0.355 e. The summed E-state index contributed by atoms with van der Waals surface area (Å²) in [4.78, 5) is 29.3. The first-order valence-electron chi connectivity index (χ1n) is 6.43. The first kappa shape index (κ1) is 14.9. The van der Waals surface area contributed by atoms with Gasteiger partial charge in [0.2, 0.25) is 5.91 Å². The largest absolute Gasteiger partial charge is 0.476 e. The molecule has 1 saturated heterocycles. The minimum absolute atomic E-state index is 0.0212. The number of carbonyl (C=O) groups is 2. The highest BCUT2D eigenvalue weighted by atomic mass is 32.1. The molecule has 110 valence electrons. The van der Waals surface area contributed by atoms with Crippen molar-refractivity contribution < 1.29 is 19.4 Å². The van der Waals surface area contributed by atoms with Crippen LogP contribution in [0.15, 0.2) is 0 Å². The van der Waals surface area contributed by atoms with Gasteiger partial charge >= 0.3 is 5.97 Å². The molecule has 0 aromatic carbocycles. The van der Waals surface area contributed by atoms with Crippen molar-refractivity contribution in [2.45, 2.75) is 19.9 Å². The summed E-state index contributed by atoms with van der Waals surface area (Å²) in [5.74, 6) is -1.24. The standard InChI is InChI=1S/C12H17N3O4S/c1-2-9(16)13-12-14-10(11(17)18)8(20-12)7-15-3-5-19-6-4-15/h2-7H2,1H3,(H,17,18)(H,13,14,16). The maximum atomic E-state index is 11.3. The number of morpholine rings is 1. The molecular weight excluding hydrogens is 282 g/mol. The number of aromatic carboxylic acids is 1. The van der Waals surface area contributed by atoms with Gasteiger partial charge < -0.3 is 15.2 Å². The van der Waals surface area contributed by atoms with Gasteiger partial charge in [0.1, 0.15) is 0 Å². The second-order valence-corrected chi connectivity index (χ2v) is 5.47. The number of hydrogen-bond acceptors (Lipinski definition) is 6. The summed E-state index contributed by atoms with van der Waals surface area (Å²) in [5, 5.41) is 12.1. The molecule has 0 aliphatic carbocycles. The van der Waals surface area contributed by atoms with Crippen molar-refractivity contribution in [1.29, 1.82) is 0 Å². The molecule has 0 bridgehead atoms. The first-order valence-corrected chi connectivity index (χ1v) is 7.24. The van der Waals surface area contributed by atoms with E-state index in [2.05, 4.69) is 15.2 Å². The smallest absolute Gasteiger partial charge is 0.355 e. The van der Waals surface area contributed by atoms with Crippen molar-refractivity contribution in [3.05, 3.63) is 10.6 Å². The zero-order chi connectivity index (χ0) is 14.5. The SMILES string of the molecule is CCC(=O)Nc1nc(C(=O)O)c(CN2CCOCC2)s1. The van der Waals surface area contributed by atoms with Gasteiger partial charge in [0.25, 0.3) is 0 Å². The fourth-order valence-electron chi connectivity index (χ4n) is 1.85. The number of anilines is 1. The number of nitrogens with zero attached hydrogens (tertiary/aromatic N) is 2. The lowest BCUT2D eigenvalue weighted by atomic mass is 10.3. The van der Waals surface area contributed by atoms with E-state index in [1.165, 1.54) is 11.3 Å². The number of carboxylic acids is 1. The Labute approximate surface area is 120 Å². The van der Waals surface area contributed by atoms with Crippen LogP contribution >= 0.6 is 11.3 Å². The Morgan fingerprint density at radius 1 is 1.45 bits per heavy atom. The van der Waals surface area contributed by atoms with E-state index in [9.17, 15) is 14.7 Å². The van der Waals surface area contributed by atoms with Crippen LogP contribution in [0.5, 0.6) is 0 Å². The number of ether oxygens (including phenoxy) is 1. The van der Waals surface area contributed by atoms with Crippen LogP contribution in [-0.2, 0) is 16.1 Å². The third kappa shape index (κ3) is 3.75. The fourth-order valence-corrected chi connectivity index (χ4v) is 2.86. The minimum Gasteiger partial charge on any atom is -0.476 e. The van der Waals surface area contributed by atoms with Crippen LogP contribution < -0.4 is 5.32 Å². The number of nitrogens with one attached hydrogen (secondary N) is 1. The summed E-state index contributed by atoms with van der Waals surface area (Å²) in [6, 6.07) is 0.